The summed E-state index contributed by atoms with van der Waals surface area (Å²) in [5, 5.41) is 15.4. The SMILES string of the molecule is CCCCn1nc(C(=O)NC(CC)CC(=O)O)ccc1=O. The van der Waals surface area contributed by atoms with Crippen molar-refractivity contribution in [1.82, 2.24) is 15.1 Å². The smallest absolute Gasteiger partial charge is 0.305 e. The molecule has 0 radical (unpaired) electrons. The molecule has 1 unspecified atom stereocenters. The fraction of sp³-hybridized carbons (Fsp3) is 0.571. The van der Waals surface area contributed by atoms with Gasteiger partial charge in [-0.1, -0.05) is 20.3 Å². The Morgan fingerprint density at radius 3 is 2.67 bits per heavy atom. The highest BCUT2D eigenvalue weighted by Gasteiger charge is 2.16. The van der Waals surface area contributed by atoms with Crippen LogP contribution in [0.5, 0.6) is 0 Å². The molecule has 1 aromatic rings. The van der Waals surface area contributed by atoms with Crippen molar-refractivity contribution in [2.75, 3.05) is 0 Å². The van der Waals surface area contributed by atoms with E-state index in [1.165, 1.54) is 16.8 Å². The van der Waals surface area contributed by atoms with E-state index in [-0.39, 0.29) is 17.7 Å². The molecule has 0 aliphatic rings. The molecule has 0 saturated carbocycles. The Morgan fingerprint density at radius 1 is 1.38 bits per heavy atom. The number of unbranched alkanes of at least 4 members (excludes halogenated alkanes) is 1. The zero-order valence-corrected chi connectivity index (χ0v) is 12.3. The van der Waals surface area contributed by atoms with Crippen LogP contribution in [-0.4, -0.2) is 32.8 Å². The number of nitrogens with zero attached hydrogens (tertiary/aromatic N) is 2. The molecule has 0 aliphatic heterocycles. The maximum Gasteiger partial charge on any atom is 0.305 e. The van der Waals surface area contributed by atoms with Crippen molar-refractivity contribution in [1.29, 1.82) is 0 Å². The summed E-state index contributed by atoms with van der Waals surface area (Å²) in [6.07, 6.45) is 2.08. The summed E-state index contributed by atoms with van der Waals surface area (Å²) in [4.78, 5) is 34.4. The third-order valence-corrected chi connectivity index (χ3v) is 3.07. The van der Waals surface area contributed by atoms with E-state index in [0.717, 1.165) is 12.8 Å². The average Bonchev–Trinajstić information content (AvgIpc) is 2.45. The quantitative estimate of drug-likeness (QED) is 0.745. The highest BCUT2D eigenvalue weighted by molar-refractivity contribution is 5.92. The molecule has 116 valence electrons. The maximum absolute atomic E-state index is 12.1. The number of aliphatic carboxylic acids is 1. The highest BCUT2D eigenvalue weighted by atomic mass is 16.4. The first kappa shape index (κ1) is 16.9. The minimum absolute atomic E-state index is 0.120. The summed E-state index contributed by atoms with van der Waals surface area (Å²) in [5.74, 6) is -1.43. The van der Waals surface area contributed by atoms with Gasteiger partial charge in [0, 0.05) is 18.7 Å². The number of carbonyl (C=O) groups is 2. The lowest BCUT2D eigenvalue weighted by atomic mass is 10.1. The van der Waals surface area contributed by atoms with Crippen LogP contribution in [0.1, 0.15) is 50.0 Å². The van der Waals surface area contributed by atoms with Gasteiger partial charge < -0.3 is 10.4 Å². The van der Waals surface area contributed by atoms with Gasteiger partial charge in [-0.15, -0.1) is 0 Å². The van der Waals surface area contributed by atoms with E-state index >= 15 is 0 Å². The molecule has 7 nitrogen and oxygen atoms in total. The Morgan fingerprint density at radius 2 is 2.10 bits per heavy atom. The number of carboxylic acids is 1. The number of rotatable bonds is 8. The first-order valence-corrected chi connectivity index (χ1v) is 7.08. The summed E-state index contributed by atoms with van der Waals surface area (Å²) in [7, 11) is 0. The lowest BCUT2D eigenvalue weighted by Gasteiger charge is -2.14. The minimum atomic E-state index is -0.969. The van der Waals surface area contributed by atoms with E-state index in [1.807, 2.05) is 6.92 Å². The van der Waals surface area contributed by atoms with Gasteiger partial charge in [0.2, 0.25) is 0 Å². The molecule has 1 aromatic heterocycles. The molecular weight excluding hydrogens is 274 g/mol. The number of aryl methyl sites for hydroxylation is 1. The van der Waals surface area contributed by atoms with E-state index in [4.69, 9.17) is 5.11 Å². The molecule has 2 N–H and O–H groups in total. The van der Waals surface area contributed by atoms with E-state index in [1.54, 1.807) is 6.92 Å². The fourth-order valence-corrected chi connectivity index (χ4v) is 1.81. The molecule has 0 saturated heterocycles. The summed E-state index contributed by atoms with van der Waals surface area (Å²) < 4.78 is 1.26. The van der Waals surface area contributed by atoms with E-state index < -0.39 is 17.9 Å². The standard InChI is InChI=1S/C14H21N3O4/c1-3-5-8-17-12(18)7-6-11(16-17)14(21)15-10(4-2)9-13(19)20/h6-7,10H,3-5,8-9H2,1-2H3,(H,15,21)(H,19,20). The van der Waals surface area contributed by atoms with Crippen LogP contribution in [0.4, 0.5) is 0 Å². The molecule has 0 aromatic carbocycles. The number of hydrogen-bond acceptors (Lipinski definition) is 4. The van der Waals surface area contributed by atoms with E-state index in [9.17, 15) is 14.4 Å². The van der Waals surface area contributed by atoms with Crippen molar-refractivity contribution in [2.45, 2.75) is 52.1 Å². The Balaban J connectivity index is 2.82. The number of aromatic nitrogens is 2. The monoisotopic (exact) mass is 295 g/mol. The summed E-state index contributed by atoms with van der Waals surface area (Å²) in [5.41, 5.74) is -0.132. The Labute approximate surface area is 123 Å². The van der Waals surface area contributed by atoms with Crippen molar-refractivity contribution >= 4 is 11.9 Å². The van der Waals surface area contributed by atoms with Gasteiger partial charge >= 0.3 is 5.97 Å². The molecule has 1 amide bonds. The third kappa shape index (κ3) is 5.37. The summed E-state index contributed by atoms with van der Waals surface area (Å²) in [6, 6.07) is 2.20. The van der Waals surface area contributed by atoms with Crippen LogP contribution in [-0.2, 0) is 11.3 Å². The van der Waals surface area contributed by atoms with Gasteiger partial charge in [-0.2, -0.15) is 5.10 Å². The lowest BCUT2D eigenvalue weighted by Crippen LogP contribution is -2.37. The number of carbonyl (C=O) groups excluding carboxylic acids is 1. The number of carboxylic acid groups (broad SMARTS) is 1. The summed E-state index contributed by atoms with van der Waals surface area (Å²) >= 11 is 0. The van der Waals surface area contributed by atoms with Crippen LogP contribution in [0.3, 0.4) is 0 Å². The first-order valence-electron chi connectivity index (χ1n) is 7.08. The van der Waals surface area contributed by atoms with Crippen LogP contribution in [0.2, 0.25) is 0 Å². The van der Waals surface area contributed by atoms with Crippen molar-refractivity contribution in [3.05, 3.63) is 28.2 Å². The molecular formula is C14H21N3O4. The molecule has 0 fully saturated rings. The largest absolute Gasteiger partial charge is 0.481 e. The summed E-state index contributed by atoms with van der Waals surface area (Å²) in [6.45, 7) is 4.26. The van der Waals surface area contributed by atoms with Crippen LogP contribution < -0.4 is 10.9 Å². The van der Waals surface area contributed by atoms with Crippen LogP contribution in [0.25, 0.3) is 0 Å². The van der Waals surface area contributed by atoms with Gasteiger partial charge in [-0.3, -0.25) is 14.4 Å². The maximum atomic E-state index is 12.1. The number of hydrogen-bond donors (Lipinski definition) is 2. The predicted octanol–water partition coefficient (Wildman–Crippen LogP) is 1.03. The molecule has 7 heteroatoms. The molecule has 0 bridgehead atoms. The molecule has 0 aliphatic carbocycles. The minimum Gasteiger partial charge on any atom is -0.481 e. The zero-order valence-electron chi connectivity index (χ0n) is 12.3. The molecule has 1 atom stereocenters. The van der Waals surface area contributed by atoms with Crippen LogP contribution in [0.15, 0.2) is 16.9 Å². The molecule has 1 heterocycles. The van der Waals surface area contributed by atoms with Gasteiger partial charge in [0.25, 0.3) is 11.5 Å². The zero-order chi connectivity index (χ0) is 15.8. The van der Waals surface area contributed by atoms with Gasteiger partial charge in [0.1, 0.15) is 5.69 Å². The molecule has 1 rings (SSSR count). The normalized spacial score (nSPS) is 11.9. The Bertz CT molecular complexity index is 553. The highest BCUT2D eigenvalue weighted by Crippen LogP contribution is 2.00. The molecule has 21 heavy (non-hydrogen) atoms. The van der Waals surface area contributed by atoms with Crippen molar-refractivity contribution in [3.8, 4) is 0 Å². The fourth-order valence-electron chi connectivity index (χ4n) is 1.81. The van der Waals surface area contributed by atoms with Gasteiger partial charge in [-0.25, -0.2) is 4.68 Å². The first-order chi connectivity index (χ1) is 9.97. The average molecular weight is 295 g/mol. The second-order valence-corrected chi connectivity index (χ2v) is 4.81. The Hall–Kier alpha value is -2.18. The lowest BCUT2D eigenvalue weighted by molar-refractivity contribution is -0.137. The van der Waals surface area contributed by atoms with Crippen molar-refractivity contribution < 1.29 is 14.7 Å². The van der Waals surface area contributed by atoms with Crippen LogP contribution in [0, 0.1) is 0 Å². The topological polar surface area (TPSA) is 101 Å². The molecule has 0 spiro atoms. The van der Waals surface area contributed by atoms with Crippen molar-refractivity contribution in [3.63, 3.8) is 0 Å². The van der Waals surface area contributed by atoms with E-state index in [2.05, 4.69) is 10.4 Å². The van der Waals surface area contributed by atoms with Crippen LogP contribution >= 0.6 is 0 Å². The predicted molar refractivity (Wildman–Crippen MR) is 77.2 cm³/mol. The Kier molecular flexibility index (Phi) is 6.58. The second kappa shape index (κ2) is 8.18. The van der Waals surface area contributed by atoms with Crippen molar-refractivity contribution in [2.24, 2.45) is 0 Å². The number of nitrogens with one attached hydrogen (secondary N) is 1. The van der Waals surface area contributed by atoms with Gasteiger partial charge in [0.15, 0.2) is 0 Å². The second-order valence-electron chi connectivity index (χ2n) is 4.81. The van der Waals surface area contributed by atoms with Gasteiger partial charge in [-0.05, 0) is 18.9 Å². The van der Waals surface area contributed by atoms with Gasteiger partial charge in [0.05, 0.1) is 6.42 Å². The third-order valence-electron chi connectivity index (χ3n) is 3.07. The number of amides is 1. The van der Waals surface area contributed by atoms with E-state index in [0.29, 0.717) is 13.0 Å².